The van der Waals surface area contributed by atoms with Gasteiger partial charge in [0.15, 0.2) is 0 Å². The van der Waals surface area contributed by atoms with E-state index in [4.69, 9.17) is 5.11 Å². The molecule has 0 aromatic carbocycles. The molecule has 0 aliphatic heterocycles. The van der Waals surface area contributed by atoms with Gasteiger partial charge >= 0.3 is 5.97 Å². The maximum absolute atomic E-state index is 10.9. The Labute approximate surface area is 89.1 Å². The fourth-order valence-corrected chi connectivity index (χ4v) is 1.48. The van der Waals surface area contributed by atoms with Gasteiger partial charge in [0.25, 0.3) is 0 Å². The van der Waals surface area contributed by atoms with E-state index in [0.717, 1.165) is 17.8 Å². The molecule has 0 saturated heterocycles. The van der Waals surface area contributed by atoms with Gasteiger partial charge in [0.2, 0.25) is 0 Å². The molecule has 1 rings (SSSR count). The van der Waals surface area contributed by atoms with Crippen molar-refractivity contribution in [2.45, 2.75) is 32.7 Å². The molecule has 5 nitrogen and oxygen atoms in total. The number of nitrogens with one attached hydrogen (secondary N) is 1. The zero-order valence-corrected chi connectivity index (χ0v) is 9.32. The summed E-state index contributed by atoms with van der Waals surface area (Å²) in [6.07, 6.45) is 3.24. The number of aryl methyl sites for hydroxylation is 2. The van der Waals surface area contributed by atoms with E-state index in [1.165, 1.54) is 0 Å². The van der Waals surface area contributed by atoms with Crippen LogP contribution in [-0.4, -0.2) is 26.9 Å². The summed E-state index contributed by atoms with van der Waals surface area (Å²) in [7, 11) is 1.81. The molecule has 1 unspecified atom stereocenters. The highest BCUT2D eigenvalue weighted by Gasteiger charge is 2.17. The smallest absolute Gasteiger partial charge is 0.326 e. The van der Waals surface area contributed by atoms with Crippen molar-refractivity contribution in [2.75, 3.05) is 5.32 Å². The number of anilines is 1. The molecule has 1 aromatic rings. The van der Waals surface area contributed by atoms with Gasteiger partial charge in [0.1, 0.15) is 6.04 Å². The maximum Gasteiger partial charge on any atom is 0.326 e. The van der Waals surface area contributed by atoms with Crippen molar-refractivity contribution in [2.24, 2.45) is 7.05 Å². The van der Waals surface area contributed by atoms with Crippen LogP contribution in [0, 0.1) is 6.92 Å². The fourth-order valence-electron chi connectivity index (χ4n) is 1.48. The zero-order valence-electron chi connectivity index (χ0n) is 9.32. The van der Waals surface area contributed by atoms with Crippen LogP contribution in [0.3, 0.4) is 0 Å². The number of nitrogens with zero attached hydrogens (tertiary/aromatic N) is 2. The van der Waals surface area contributed by atoms with Crippen LogP contribution >= 0.6 is 0 Å². The Balaban J connectivity index is 2.73. The number of carbonyl (C=O) groups is 1. The lowest BCUT2D eigenvalue weighted by Crippen LogP contribution is -2.29. The summed E-state index contributed by atoms with van der Waals surface area (Å²) in [6.45, 7) is 3.82. The number of hydrogen-bond acceptors (Lipinski definition) is 3. The normalized spacial score (nSPS) is 12.5. The van der Waals surface area contributed by atoms with Crippen LogP contribution in [0.1, 0.15) is 25.5 Å². The molecule has 1 aromatic heterocycles. The van der Waals surface area contributed by atoms with Crippen molar-refractivity contribution in [3.05, 3.63) is 11.9 Å². The van der Waals surface area contributed by atoms with E-state index in [0.29, 0.717) is 6.42 Å². The second kappa shape index (κ2) is 4.82. The molecule has 0 fully saturated rings. The van der Waals surface area contributed by atoms with Crippen LogP contribution in [0.25, 0.3) is 0 Å². The number of hydrogen-bond donors (Lipinski definition) is 2. The zero-order chi connectivity index (χ0) is 11.4. The molecule has 0 spiro atoms. The van der Waals surface area contributed by atoms with E-state index in [1.54, 1.807) is 10.9 Å². The van der Waals surface area contributed by atoms with Gasteiger partial charge in [-0.3, -0.25) is 4.68 Å². The Morgan fingerprint density at radius 2 is 2.40 bits per heavy atom. The Morgan fingerprint density at radius 1 is 1.73 bits per heavy atom. The number of carboxylic acid groups (broad SMARTS) is 1. The molecule has 2 N–H and O–H groups in total. The van der Waals surface area contributed by atoms with Crippen LogP contribution in [-0.2, 0) is 11.8 Å². The Hall–Kier alpha value is -1.52. The quantitative estimate of drug-likeness (QED) is 0.772. The van der Waals surface area contributed by atoms with Crippen LogP contribution in [0.2, 0.25) is 0 Å². The molecule has 0 amide bonds. The first-order valence-electron chi connectivity index (χ1n) is 5.04. The third-order valence-corrected chi connectivity index (χ3v) is 2.22. The minimum absolute atomic E-state index is 0.530. The first kappa shape index (κ1) is 11.6. The summed E-state index contributed by atoms with van der Waals surface area (Å²) >= 11 is 0. The highest BCUT2D eigenvalue weighted by atomic mass is 16.4. The molecule has 0 saturated carbocycles. The number of aliphatic carboxylic acids is 1. The van der Waals surface area contributed by atoms with Crippen LogP contribution in [0.4, 0.5) is 5.69 Å². The van der Waals surface area contributed by atoms with Crippen molar-refractivity contribution in [3.8, 4) is 0 Å². The number of rotatable bonds is 5. The van der Waals surface area contributed by atoms with E-state index < -0.39 is 12.0 Å². The van der Waals surface area contributed by atoms with Crippen molar-refractivity contribution < 1.29 is 9.90 Å². The number of carboxylic acids is 1. The SMILES string of the molecule is CCCC(Nc1cn(C)nc1C)C(=O)O. The van der Waals surface area contributed by atoms with Gasteiger partial charge in [0, 0.05) is 13.2 Å². The Kier molecular flexibility index (Phi) is 3.71. The molecule has 15 heavy (non-hydrogen) atoms. The topological polar surface area (TPSA) is 67.2 Å². The molecule has 5 heteroatoms. The Morgan fingerprint density at radius 3 is 2.80 bits per heavy atom. The minimum Gasteiger partial charge on any atom is -0.480 e. The van der Waals surface area contributed by atoms with Crippen molar-refractivity contribution in [1.82, 2.24) is 9.78 Å². The van der Waals surface area contributed by atoms with Gasteiger partial charge in [0.05, 0.1) is 11.4 Å². The first-order chi connectivity index (χ1) is 7.04. The van der Waals surface area contributed by atoms with Gasteiger partial charge < -0.3 is 10.4 Å². The summed E-state index contributed by atoms with van der Waals surface area (Å²) in [5, 5.41) is 16.1. The van der Waals surface area contributed by atoms with Gasteiger partial charge in [-0.25, -0.2) is 4.79 Å². The molecule has 0 bridgehead atoms. The van der Waals surface area contributed by atoms with Crippen molar-refractivity contribution in [3.63, 3.8) is 0 Å². The third-order valence-electron chi connectivity index (χ3n) is 2.22. The van der Waals surface area contributed by atoms with Gasteiger partial charge in [-0.2, -0.15) is 5.10 Å². The summed E-state index contributed by atoms with van der Waals surface area (Å²) in [6, 6.07) is -0.530. The highest BCUT2D eigenvalue weighted by molar-refractivity contribution is 5.77. The first-order valence-corrected chi connectivity index (χ1v) is 5.04. The average Bonchev–Trinajstić information content (AvgIpc) is 2.44. The molecule has 0 aliphatic rings. The van der Waals surface area contributed by atoms with Crippen LogP contribution < -0.4 is 5.32 Å². The molecule has 84 valence electrons. The number of aromatic nitrogens is 2. The van der Waals surface area contributed by atoms with Crippen LogP contribution in [0.5, 0.6) is 0 Å². The largest absolute Gasteiger partial charge is 0.480 e. The monoisotopic (exact) mass is 211 g/mol. The predicted molar refractivity (Wildman–Crippen MR) is 57.9 cm³/mol. The highest BCUT2D eigenvalue weighted by Crippen LogP contribution is 2.14. The fraction of sp³-hybridized carbons (Fsp3) is 0.600. The van der Waals surface area contributed by atoms with E-state index in [1.807, 2.05) is 20.9 Å². The lowest BCUT2D eigenvalue weighted by molar-refractivity contribution is -0.138. The van der Waals surface area contributed by atoms with E-state index in [9.17, 15) is 4.79 Å². The second-order valence-electron chi connectivity index (χ2n) is 3.63. The summed E-state index contributed by atoms with van der Waals surface area (Å²) in [5.74, 6) is -0.819. The van der Waals surface area contributed by atoms with Gasteiger partial charge in [-0.1, -0.05) is 13.3 Å². The molecule has 1 atom stereocenters. The third kappa shape index (κ3) is 2.97. The molecule has 0 radical (unpaired) electrons. The second-order valence-corrected chi connectivity index (χ2v) is 3.63. The minimum atomic E-state index is -0.819. The molecular weight excluding hydrogens is 194 g/mol. The summed E-state index contributed by atoms with van der Waals surface area (Å²) in [5.41, 5.74) is 1.61. The lowest BCUT2D eigenvalue weighted by Gasteiger charge is -2.13. The van der Waals surface area contributed by atoms with Gasteiger partial charge in [-0.05, 0) is 13.3 Å². The standard InChI is InChI=1S/C10H17N3O2/c1-4-5-8(10(14)15)11-9-6-13(3)12-7(9)2/h6,8,11H,4-5H2,1-3H3,(H,14,15). The van der Waals surface area contributed by atoms with E-state index in [-0.39, 0.29) is 0 Å². The summed E-state index contributed by atoms with van der Waals surface area (Å²) < 4.78 is 1.67. The van der Waals surface area contributed by atoms with Crippen molar-refractivity contribution >= 4 is 11.7 Å². The van der Waals surface area contributed by atoms with Crippen LogP contribution in [0.15, 0.2) is 6.20 Å². The van der Waals surface area contributed by atoms with E-state index >= 15 is 0 Å². The predicted octanol–water partition coefficient (Wildman–Crippen LogP) is 1.39. The van der Waals surface area contributed by atoms with Crippen molar-refractivity contribution in [1.29, 1.82) is 0 Å². The maximum atomic E-state index is 10.9. The molecular formula is C10H17N3O2. The van der Waals surface area contributed by atoms with E-state index in [2.05, 4.69) is 10.4 Å². The summed E-state index contributed by atoms with van der Waals surface area (Å²) in [4.78, 5) is 10.9. The lowest BCUT2D eigenvalue weighted by atomic mass is 10.1. The average molecular weight is 211 g/mol. The molecule has 0 aliphatic carbocycles. The Bertz CT molecular complexity index is 346. The van der Waals surface area contributed by atoms with Gasteiger partial charge in [-0.15, -0.1) is 0 Å². The molecule has 1 heterocycles.